The first-order valence-corrected chi connectivity index (χ1v) is 4.63. The van der Waals surface area contributed by atoms with Crippen molar-refractivity contribution in [2.45, 2.75) is 20.5 Å². The first-order chi connectivity index (χ1) is 6.69. The molecule has 0 aromatic heterocycles. The van der Waals surface area contributed by atoms with Gasteiger partial charge in [0.2, 0.25) is 0 Å². The molecule has 1 rings (SSSR count). The molecule has 0 radical (unpaired) electrons. The molecule has 14 heavy (non-hydrogen) atoms. The zero-order chi connectivity index (χ0) is 10.6. The molecule has 0 saturated heterocycles. The van der Waals surface area contributed by atoms with Crippen LogP contribution in [0.2, 0.25) is 0 Å². The number of aryl methyl sites for hydroxylation is 2. The minimum atomic E-state index is 0.0145. The quantitative estimate of drug-likeness (QED) is 0.760. The molecule has 0 aliphatic rings. The fourth-order valence-corrected chi connectivity index (χ4v) is 1.51. The summed E-state index contributed by atoms with van der Waals surface area (Å²) in [5.74, 6) is 0.802. The lowest BCUT2D eigenvalue weighted by atomic mass is 10.1. The second-order valence-electron chi connectivity index (χ2n) is 3.29. The average molecular weight is 196 g/mol. The first-order valence-electron chi connectivity index (χ1n) is 4.63. The summed E-state index contributed by atoms with van der Waals surface area (Å²) in [6.07, 6.45) is 0. The van der Waals surface area contributed by atoms with Crippen LogP contribution in [-0.2, 0) is 6.61 Å². The van der Waals surface area contributed by atoms with Gasteiger partial charge in [-0.3, -0.25) is 0 Å². The molecule has 0 spiro atoms. The van der Waals surface area contributed by atoms with Crippen LogP contribution in [0, 0.1) is 13.8 Å². The van der Waals surface area contributed by atoms with E-state index in [1.807, 2.05) is 26.0 Å². The highest BCUT2D eigenvalue weighted by molar-refractivity contribution is 5.43. The van der Waals surface area contributed by atoms with Gasteiger partial charge in [0.05, 0.1) is 13.2 Å². The third-order valence-corrected chi connectivity index (χ3v) is 2.04. The summed E-state index contributed by atoms with van der Waals surface area (Å²) in [4.78, 5) is 0. The average Bonchev–Trinajstić information content (AvgIpc) is 2.16. The third-order valence-electron chi connectivity index (χ3n) is 2.04. The smallest absolute Gasteiger partial charge is 0.125 e. The van der Waals surface area contributed by atoms with Crippen molar-refractivity contribution in [1.29, 1.82) is 0 Å². The molecule has 0 unspecified atom stereocenters. The van der Waals surface area contributed by atoms with Gasteiger partial charge in [-0.15, -0.1) is 0 Å². The van der Waals surface area contributed by atoms with Gasteiger partial charge in [-0.1, -0.05) is 12.1 Å². The number of aliphatic hydroxyl groups excluding tert-OH is 2. The zero-order valence-electron chi connectivity index (χ0n) is 8.58. The number of ether oxygens (including phenoxy) is 1. The van der Waals surface area contributed by atoms with E-state index in [-0.39, 0.29) is 13.2 Å². The van der Waals surface area contributed by atoms with E-state index in [1.165, 1.54) is 0 Å². The van der Waals surface area contributed by atoms with Gasteiger partial charge < -0.3 is 14.9 Å². The SMILES string of the molecule is Cc1cc(CO)cc(C)c1OCCO. The molecule has 3 heteroatoms. The van der Waals surface area contributed by atoms with E-state index >= 15 is 0 Å². The molecule has 0 atom stereocenters. The third kappa shape index (κ3) is 2.47. The van der Waals surface area contributed by atoms with Crippen molar-refractivity contribution < 1.29 is 14.9 Å². The van der Waals surface area contributed by atoms with Gasteiger partial charge in [0.1, 0.15) is 12.4 Å². The molecular formula is C11H16O3. The van der Waals surface area contributed by atoms with Gasteiger partial charge >= 0.3 is 0 Å². The lowest BCUT2D eigenvalue weighted by Gasteiger charge is -2.12. The summed E-state index contributed by atoms with van der Waals surface area (Å²) >= 11 is 0. The highest BCUT2D eigenvalue weighted by Gasteiger charge is 2.05. The Morgan fingerprint density at radius 1 is 1.14 bits per heavy atom. The van der Waals surface area contributed by atoms with Crippen LogP contribution in [0.3, 0.4) is 0 Å². The summed E-state index contributed by atoms with van der Waals surface area (Å²) in [6.45, 7) is 4.22. The molecule has 0 heterocycles. The van der Waals surface area contributed by atoms with Crippen LogP contribution in [0.4, 0.5) is 0 Å². The van der Waals surface area contributed by atoms with Gasteiger partial charge in [0, 0.05) is 0 Å². The Bertz CT molecular complexity index is 284. The molecule has 0 fully saturated rings. The van der Waals surface area contributed by atoms with E-state index in [0.717, 1.165) is 22.4 Å². The van der Waals surface area contributed by atoms with Crippen LogP contribution in [0.5, 0.6) is 5.75 Å². The second-order valence-corrected chi connectivity index (χ2v) is 3.29. The Balaban J connectivity index is 2.93. The summed E-state index contributed by atoms with van der Waals surface area (Å²) < 4.78 is 5.38. The molecule has 78 valence electrons. The molecule has 0 aliphatic carbocycles. The second kappa shape index (κ2) is 4.98. The van der Waals surface area contributed by atoms with Crippen LogP contribution in [0.1, 0.15) is 16.7 Å². The summed E-state index contributed by atoms with van der Waals surface area (Å²) in [7, 11) is 0. The van der Waals surface area contributed by atoms with Crippen molar-refractivity contribution in [2.24, 2.45) is 0 Å². The van der Waals surface area contributed by atoms with Crippen molar-refractivity contribution in [2.75, 3.05) is 13.2 Å². The van der Waals surface area contributed by atoms with Gasteiger partial charge in [-0.25, -0.2) is 0 Å². The maximum atomic E-state index is 8.97. The Labute approximate surface area is 84.0 Å². The normalized spacial score (nSPS) is 10.3. The lowest BCUT2D eigenvalue weighted by Crippen LogP contribution is -2.04. The number of benzene rings is 1. The van der Waals surface area contributed by atoms with Crippen LogP contribution < -0.4 is 4.74 Å². The van der Waals surface area contributed by atoms with E-state index in [4.69, 9.17) is 14.9 Å². The predicted octanol–water partition coefficient (Wildman–Crippen LogP) is 1.17. The standard InChI is InChI=1S/C11H16O3/c1-8-5-10(7-13)6-9(2)11(8)14-4-3-12/h5-6,12-13H,3-4,7H2,1-2H3. The van der Waals surface area contributed by atoms with Crippen LogP contribution in [-0.4, -0.2) is 23.4 Å². The van der Waals surface area contributed by atoms with Crippen LogP contribution in [0.25, 0.3) is 0 Å². The van der Waals surface area contributed by atoms with Gasteiger partial charge in [0.25, 0.3) is 0 Å². The molecule has 0 aliphatic heterocycles. The minimum absolute atomic E-state index is 0.0145. The fraction of sp³-hybridized carbons (Fsp3) is 0.455. The Morgan fingerprint density at radius 3 is 2.14 bits per heavy atom. The fourth-order valence-electron chi connectivity index (χ4n) is 1.51. The first kappa shape index (κ1) is 11.0. The molecule has 1 aromatic rings. The minimum Gasteiger partial charge on any atom is -0.491 e. The number of hydrogen-bond donors (Lipinski definition) is 2. The predicted molar refractivity (Wildman–Crippen MR) is 54.4 cm³/mol. The molecule has 0 saturated carbocycles. The summed E-state index contributed by atoms with van der Waals surface area (Å²) in [5.41, 5.74) is 2.86. The van der Waals surface area contributed by atoms with Crippen molar-refractivity contribution in [3.8, 4) is 5.75 Å². The van der Waals surface area contributed by atoms with Gasteiger partial charge in [0.15, 0.2) is 0 Å². The lowest BCUT2D eigenvalue weighted by molar-refractivity contribution is 0.199. The maximum absolute atomic E-state index is 8.97. The largest absolute Gasteiger partial charge is 0.491 e. The van der Waals surface area contributed by atoms with E-state index in [1.54, 1.807) is 0 Å². The van der Waals surface area contributed by atoms with E-state index in [0.29, 0.717) is 6.61 Å². The zero-order valence-corrected chi connectivity index (χ0v) is 8.58. The summed E-state index contributed by atoms with van der Waals surface area (Å²) in [5, 5.41) is 17.6. The number of aliphatic hydroxyl groups is 2. The molecule has 3 nitrogen and oxygen atoms in total. The van der Waals surface area contributed by atoms with Crippen molar-refractivity contribution >= 4 is 0 Å². The molecular weight excluding hydrogens is 180 g/mol. The van der Waals surface area contributed by atoms with Crippen LogP contribution >= 0.6 is 0 Å². The topological polar surface area (TPSA) is 49.7 Å². The van der Waals surface area contributed by atoms with Crippen molar-refractivity contribution in [3.05, 3.63) is 28.8 Å². The van der Waals surface area contributed by atoms with E-state index in [9.17, 15) is 0 Å². The Hall–Kier alpha value is -1.06. The monoisotopic (exact) mass is 196 g/mol. The molecule has 1 aromatic carbocycles. The van der Waals surface area contributed by atoms with Gasteiger partial charge in [-0.2, -0.15) is 0 Å². The van der Waals surface area contributed by atoms with E-state index in [2.05, 4.69) is 0 Å². The van der Waals surface area contributed by atoms with E-state index < -0.39 is 0 Å². The van der Waals surface area contributed by atoms with Crippen LogP contribution in [0.15, 0.2) is 12.1 Å². The highest BCUT2D eigenvalue weighted by atomic mass is 16.5. The maximum Gasteiger partial charge on any atom is 0.125 e. The summed E-state index contributed by atoms with van der Waals surface area (Å²) in [6, 6.07) is 3.78. The number of hydrogen-bond acceptors (Lipinski definition) is 3. The Morgan fingerprint density at radius 2 is 1.71 bits per heavy atom. The Kier molecular flexibility index (Phi) is 3.92. The molecule has 0 amide bonds. The molecule has 2 N–H and O–H groups in total. The van der Waals surface area contributed by atoms with Crippen molar-refractivity contribution in [1.82, 2.24) is 0 Å². The molecule has 0 bridgehead atoms. The van der Waals surface area contributed by atoms with Crippen molar-refractivity contribution in [3.63, 3.8) is 0 Å². The van der Waals surface area contributed by atoms with Gasteiger partial charge in [-0.05, 0) is 30.5 Å². The number of rotatable bonds is 4. The highest BCUT2D eigenvalue weighted by Crippen LogP contribution is 2.24.